The summed E-state index contributed by atoms with van der Waals surface area (Å²) in [5.74, 6) is 0.630. The topological polar surface area (TPSA) is 6.48 Å². The van der Waals surface area contributed by atoms with E-state index in [0.717, 1.165) is 34.1 Å². The summed E-state index contributed by atoms with van der Waals surface area (Å²) in [7, 11) is 0. The summed E-state index contributed by atoms with van der Waals surface area (Å²) in [5, 5.41) is 10.1. The fourth-order valence-corrected chi connectivity index (χ4v) is 15.0. The molecule has 0 amide bonds. The number of fused-ring (bicyclic) bond motifs is 11. The molecule has 0 fully saturated rings. The van der Waals surface area contributed by atoms with E-state index in [1.165, 1.54) is 121 Å². The molecule has 2 nitrogen and oxygen atoms in total. The molecule has 0 bridgehead atoms. The van der Waals surface area contributed by atoms with Gasteiger partial charge >= 0.3 is 0 Å². The van der Waals surface area contributed by atoms with Crippen LogP contribution in [0.1, 0.15) is 47.9 Å². The van der Waals surface area contributed by atoms with Crippen LogP contribution in [0.5, 0.6) is 0 Å². The van der Waals surface area contributed by atoms with Gasteiger partial charge in [-0.25, -0.2) is 0 Å². The van der Waals surface area contributed by atoms with Crippen molar-refractivity contribution in [2.24, 2.45) is 0 Å². The quantitative estimate of drug-likeness (QED) is 0.140. The highest BCUT2D eigenvalue weighted by Gasteiger charge is 2.37. The fraction of sp³-hybridized carbons (Fsp3) is 0.0633. The second kappa shape index (κ2) is 17.5. The van der Waals surface area contributed by atoms with E-state index in [1.54, 1.807) is 0 Å². The molecule has 0 saturated carbocycles. The van der Waals surface area contributed by atoms with Crippen LogP contribution in [0.4, 0.5) is 34.1 Å². The van der Waals surface area contributed by atoms with Gasteiger partial charge in [-0.2, -0.15) is 0 Å². The summed E-state index contributed by atoms with van der Waals surface area (Å²) in [4.78, 5) is 4.90. The van der Waals surface area contributed by atoms with Crippen LogP contribution >= 0.6 is 0 Å². The van der Waals surface area contributed by atoms with Crippen LogP contribution in [-0.2, 0) is 5.41 Å². The van der Waals surface area contributed by atoms with E-state index in [2.05, 4.69) is 303 Å². The number of rotatable bonds is 8. The first-order valence-electron chi connectivity index (χ1n) is 28.6. The summed E-state index contributed by atoms with van der Waals surface area (Å²) < 4.78 is 0. The Bertz CT molecular complexity index is 4760. The maximum absolute atomic E-state index is 2.52. The molecule has 4 aliphatic rings. The average Bonchev–Trinajstić information content (AvgIpc) is 4.34. The van der Waals surface area contributed by atoms with Crippen molar-refractivity contribution in [1.82, 2.24) is 0 Å². The van der Waals surface area contributed by atoms with Crippen molar-refractivity contribution in [3.05, 3.63) is 301 Å². The Hall–Kier alpha value is -10.0. The fourth-order valence-electron chi connectivity index (χ4n) is 15.0. The third-order valence-corrected chi connectivity index (χ3v) is 18.5. The monoisotopic (exact) mass is 1030 g/mol. The highest BCUT2D eigenvalue weighted by atomic mass is 15.1. The largest absolute Gasteiger partial charge is 0.310 e. The van der Waals surface area contributed by atoms with Crippen molar-refractivity contribution in [3.63, 3.8) is 0 Å². The highest BCUT2D eigenvalue weighted by molar-refractivity contribution is 6.28. The molecule has 2 unspecified atom stereocenters. The summed E-state index contributed by atoms with van der Waals surface area (Å²) in [6.45, 7) is 4.76. The molecule has 2 atom stereocenters. The van der Waals surface area contributed by atoms with E-state index in [4.69, 9.17) is 0 Å². The third-order valence-electron chi connectivity index (χ3n) is 18.5. The van der Waals surface area contributed by atoms with Gasteiger partial charge in [0.25, 0.3) is 0 Å². The first-order chi connectivity index (χ1) is 40.0. The lowest BCUT2D eigenvalue weighted by Crippen LogP contribution is -2.16. The van der Waals surface area contributed by atoms with Crippen LogP contribution in [0.3, 0.4) is 0 Å². The minimum atomic E-state index is -0.163. The van der Waals surface area contributed by atoms with Gasteiger partial charge in [0.15, 0.2) is 0 Å². The van der Waals surface area contributed by atoms with Crippen LogP contribution in [0, 0.1) is 0 Å². The summed E-state index contributed by atoms with van der Waals surface area (Å²) in [6.07, 6.45) is 9.28. The number of para-hydroxylation sites is 3. The van der Waals surface area contributed by atoms with Crippen LogP contribution in [0.25, 0.3) is 98.7 Å². The minimum Gasteiger partial charge on any atom is -0.310 e. The average molecular weight is 1030 g/mol. The molecule has 0 aliphatic heterocycles. The zero-order valence-electron chi connectivity index (χ0n) is 45.1. The molecule has 17 rings (SSSR count). The molecule has 81 heavy (non-hydrogen) atoms. The van der Waals surface area contributed by atoms with Crippen molar-refractivity contribution in [2.75, 3.05) is 9.80 Å². The first-order valence-corrected chi connectivity index (χ1v) is 28.6. The molecule has 0 saturated heterocycles. The Kier molecular flexibility index (Phi) is 9.92. The Morgan fingerprint density at radius 2 is 0.691 bits per heavy atom. The number of hydrogen-bond acceptors (Lipinski definition) is 2. The number of anilines is 6. The van der Waals surface area contributed by atoms with Gasteiger partial charge in [0.1, 0.15) is 0 Å². The predicted octanol–water partition coefficient (Wildman–Crippen LogP) is 21.8. The lowest BCUT2D eigenvalue weighted by atomic mass is 9.82. The van der Waals surface area contributed by atoms with Gasteiger partial charge < -0.3 is 9.80 Å². The predicted molar refractivity (Wildman–Crippen MR) is 342 cm³/mol. The van der Waals surface area contributed by atoms with Gasteiger partial charge in [0, 0.05) is 51.4 Å². The lowest BCUT2D eigenvalue weighted by Gasteiger charge is -2.29. The number of allylic oxidation sites excluding steroid dienone is 4. The maximum atomic E-state index is 2.52. The Balaban J connectivity index is 1.00. The Morgan fingerprint density at radius 1 is 0.272 bits per heavy atom. The standard InChI is InChI=1S/C79H54N2/c1-79(2)73-35-17-16-30-59(73)60-39-36-54(48-74(60)79)81(51-24-10-5-11-25-51)53-38-41-70-72(47-53)78(68-45-43-66-58-29-15-13-27-56(58)62-32-19-34-64(68)76(62)66)69-40-37-52(80(49-20-6-3-7-21-49)50-22-8-4-9-23-50)46-71(69)77(70)67-44-42-65-57-28-14-12-26-55(57)61-31-18-33-63(67)75(61)65/h3-48,56,58H,1-2H3. The molecule has 0 radical (unpaired) electrons. The Morgan fingerprint density at radius 3 is 1.30 bits per heavy atom. The van der Waals surface area contributed by atoms with Gasteiger partial charge in [0.2, 0.25) is 0 Å². The number of nitrogens with zero attached hydrogens (tertiary/aromatic N) is 2. The first kappa shape index (κ1) is 45.9. The molecule has 0 N–H and O–H groups in total. The summed E-state index contributed by atoms with van der Waals surface area (Å²) in [6, 6.07) is 96.1. The van der Waals surface area contributed by atoms with Gasteiger partial charge in [-0.3, -0.25) is 0 Å². The van der Waals surface area contributed by atoms with Crippen LogP contribution < -0.4 is 9.80 Å². The molecule has 0 aromatic heterocycles. The van der Waals surface area contributed by atoms with E-state index in [1.807, 2.05) is 0 Å². The van der Waals surface area contributed by atoms with Crippen molar-refractivity contribution >= 4 is 77.2 Å². The second-order valence-corrected chi connectivity index (χ2v) is 23.0. The maximum Gasteiger partial charge on any atom is 0.0468 e. The smallest absolute Gasteiger partial charge is 0.0468 e. The molecule has 380 valence electrons. The molecular formula is C79H54N2. The highest BCUT2D eigenvalue weighted by Crippen LogP contribution is 2.57. The molecular weight excluding hydrogens is 977 g/mol. The lowest BCUT2D eigenvalue weighted by molar-refractivity contribution is 0.660. The van der Waals surface area contributed by atoms with Crippen LogP contribution in [-0.4, -0.2) is 0 Å². The number of hydrogen-bond donors (Lipinski definition) is 0. The van der Waals surface area contributed by atoms with Crippen molar-refractivity contribution in [1.29, 1.82) is 0 Å². The van der Waals surface area contributed by atoms with Gasteiger partial charge in [-0.1, -0.05) is 220 Å². The SMILES string of the molecule is CC1(C)c2ccccc2-c2ccc(N(c3ccccc3)c3ccc4c(-c5ccc6c7c(cccc57)-c5ccccc5-6)c5cc(N(c6ccccc6)c6ccccc6)ccc5c(-c5ccc6c7c(cccc57)C5C=CC=CC65)c4c3)cc21. The minimum absolute atomic E-state index is 0.163. The van der Waals surface area contributed by atoms with Gasteiger partial charge in [-0.15, -0.1) is 0 Å². The van der Waals surface area contributed by atoms with Crippen molar-refractivity contribution < 1.29 is 0 Å². The Labute approximate surface area is 472 Å². The van der Waals surface area contributed by atoms with Crippen LogP contribution in [0.2, 0.25) is 0 Å². The van der Waals surface area contributed by atoms with Crippen molar-refractivity contribution in [3.8, 4) is 55.6 Å². The summed E-state index contributed by atoms with van der Waals surface area (Å²) >= 11 is 0. The van der Waals surface area contributed by atoms with Gasteiger partial charge in [-0.05, 0) is 194 Å². The van der Waals surface area contributed by atoms with Crippen molar-refractivity contribution in [2.45, 2.75) is 31.1 Å². The molecule has 0 spiro atoms. The van der Waals surface area contributed by atoms with Gasteiger partial charge in [0.05, 0.1) is 0 Å². The molecule has 13 aromatic rings. The molecule has 2 heteroatoms. The third kappa shape index (κ3) is 6.68. The molecule has 13 aromatic carbocycles. The normalized spacial score (nSPS) is 15.5. The van der Waals surface area contributed by atoms with E-state index in [9.17, 15) is 0 Å². The number of benzene rings is 13. The zero-order valence-corrected chi connectivity index (χ0v) is 45.1. The van der Waals surface area contributed by atoms with E-state index >= 15 is 0 Å². The molecule has 0 heterocycles. The van der Waals surface area contributed by atoms with E-state index in [0.29, 0.717) is 11.8 Å². The van der Waals surface area contributed by atoms with E-state index in [-0.39, 0.29) is 5.41 Å². The molecule has 4 aliphatic carbocycles. The summed E-state index contributed by atoms with van der Waals surface area (Å²) in [5.41, 5.74) is 24.8. The van der Waals surface area contributed by atoms with Crippen LogP contribution in [0.15, 0.2) is 279 Å². The zero-order chi connectivity index (χ0) is 53.5. The second-order valence-electron chi connectivity index (χ2n) is 23.0. The van der Waals surface area contributed by atoms with E-state index < -0.39 is 0 Å².